The maximum absolute atomic E-state index is 12.4. The Morgan fingerprint density at radius 2 is 1.71 bits per heavy atom. The number of carbonyl (C=O) groups excluding carboxylic acids is 1. The van der Waals surface area contributed by atoms with Crippen LogP contribution in [0.25, 0.3) is 0 Å². The van der Waals surface area contributed by atoms with E-state index in [9.17, 15) is 4.79 Å². The first-order chi connectivity index (χ1) is 10.1. The average molecular weight is 292 g/mol. The molecule has 1 saturated carbocycles. The molecule has 120 valence electrons. The van der Waals surface area contributed by atoms with Crippen molar-refractivity contribution in [1.82, 2.24) is 9.80 Å². The molecule has 0 unspecified atom stereocenters. The van der Waals surface area contributed by atoms with Crippen molar-refractivity contribution in [3.05, 3.63) is 0 Å². The number of piperidine rings is 1. The van der Waals surface area contributed by atoms with Gasteiger partial charge in [0.05, 0.1) is 0 Å². The first-order valence-electron chi connectivity index (χ1n) is 9.10. The molecule has 2 saturated heterocycles. The van der Waals surface area contributed by atoms with E-state index in [1.165, 1.54) is 58.0 Å². The molecule has 0 aromatic carbocycles. The zero-order chi connectivity index (χ0) is 14.9. The second kappa shape index (κ2) is 6.28. The number of amides is 1. The molecule has 1 amide bonds. The van der Waals surface area contributed by atoms with Gasteiger partial charge in [-0.2, -0.15) is 0 Å². The summed E-state index contributed by atoms with van der Waals surface area (Å²) in [6.07, 6.45) is 10.0. The van der Waals surface area contributed by atoms with Crippen molar-refractivity contribution in [2.24, 2.45) is 11.3 Å². The van der Waals surface area contributed by atoms with Gasteiger partial charge in [0.1, 0.15) is 0 Å². The van der Waals surface area contributed by atoms with Gasteiger partial charge >= 0.3 is 0 Å². The van der Waals surface area contributed by atoms with E-state index < -0.39 is 0 Å². The van der Waals surface area contributed by atoms with Gasteiger partial charge in [0, 0.05) is 31.0 Å². The second-order valence-electron chi connectivity index (χ2n) is 8.09. The van der Waals surface area contributed by atoms with Gasteiger partial charge in [-0.3, -0.25) is 4.79 Å². The largest absolute Gasteiger partial charge is 0.341 e. The van der Waals surface area contributed by atoms with Gasteiger partial charge in [-0.25, -0.2) is 0 Å². The number of hydrogen-bond donors (Lipinski definition) is 0. The van der Waals surface area contributed by atoms with Gasteiger partial charge in [0.25, 0.3) is 0 Å². The number of carbonyl (C=O) groups is 1. The van der Waals surface area contributed by atoms with Crippen molar-refractivity contribution in [2.75, 3.05) is 26.2 Å². The van der Waals surface area contributed by atoms with Crippen LogP contribution in [-0.2, 0) is 4.79 Å². The third-order valence-corrected chi connectivity index (χ3v) is 6.18. The maximum Gasteiger partial charge on any atom is 0.222 e. The van der Waals surface area contributed by atoms with Crippen molar-refractivity contribution < 1.29 is 4.79 Å². The fourth-order valence-corrected chi connectivity index (χ4v) is 4.54. The summed E-state index contributed by atoms with van der Waals surface area (Å²) in [5.74, 6) is 1.13. The summed E-state index contributed by atoms with van der Waals surface area (Å²) in [6.45, 7) is 9.12. The lowest BCUT2D eigenvalue weighted by Crippen LogP contribution is -2.62. The topological polar surface area (TPSA) is 23.6 Å². The summed E-state index contributed by atoms with van der Waals surface area (Å²) >= 11 is 0. The Balaban J connectivity index is 1.42. The summed E-state index contributed by atoms with van der Waals surface area (Å²) in [5, 5.41) is 0. The minimum absolute atomic E-state index is 0.443. The predicted octanol–water partition coefficient (Wildman–Crippen LogP) is 3.29. The van der Waals surface area contributed by atoms with E-state index in [4.69, 9.17) is 0 Å². The molecule has 0 atom stereocenters. The van der Waals surface area contributed by atoms with E-state index in [1.54, 1.807) is 0 Å². The van der Waals surface area contributed by atoms with Gasteiger partial charge in [-0.05, 0) is 58.5 Å². The molecule has 1 spiro atoms. The molecule has 0 aromatic rings. The zero-order valence-electron chi connectivity index (χ0n) is 13.9. The minimum Gasteiger partial charge on any atom is -0.341 e. The molecule has 3 rings (SSSR count). The highest BCUT2D eigenvalue weighted by Crippen LogP contribution is 2.41. The second-order valence-corrected chi connectivity index (χ2v) is 8.09. The zero-order valence-corrected chi connectivity index (χ0v) is 13.9. The fourth-order valence-electron chi connectivity index (χ4n) is 4.54. The van der Waals surface area contributed by atoms with Crippen LogP contribution in [0.1, 0.15) is 65.2 Å². The van der Waals surface area contributed by atoms with Crippen LogP contribution in [0.5, 0.6) is 0 Å². The molecular weight excluding hydrogens is 260 g/mol. The van der Waals surface area contributed by atoms with Crippen molar-refractivity contribution in [2.45, 2.75) is 71.3 Å². The molecule has 3 nitrogen and oxygen atoms in total. The highest BCUT2D eigenvalue weighted by atomic mass is 16.2. The van der Waals surface area contributed by atoms with E-state index >= 15 is 0 Å². The van der Waals surface area contributed by atoms with Crippen LogP contribution in [0.4, 0.5) is 0 Å². The van der Waals surface area contributed by atoms with Crippen LogP contribution >= 0.6 is 0 Å². The van der Waals surface area contributed by atoms with Crippen molar-refractivity contribution >= 4 is 5.91 Å². The number of nitrogens with zero attached hydrogens (tertiary/aromatic N) is 2. The van der Waals surface area contributed by atoms with Gasteiger partial charge < -0.3 is 9.80 Å². The summed E-state index contributed by atoms with van der Waals surface area (Å²) in [7, 11) is 0. The highest BCUT2D eigenvalue weighted by Gasteiger charge is 2.46. The Kier molecular flexibility index (Phi) is 4.58. The SMILES string of the molecule is CC(C)N1CCC2(CC1)CN(C(=O)CC1CCCCC1)C2. The van der Waals surface area contributed by atoms with Crippen LogP contribution in [-0.4, -0.2) is 47.9 Å². The summed E-state index contributed by atoms with van der Waals surface area (Å²) in [5.41, 5.74) is 0.480. The molecule has 0 aromatic heterocycles. The lowest BCUT2D eigenvalue weighted by Gasteiger charge is -2.54. The third kappa shape index (κ3) is 3.44. The Morgan fingerprint density at radius 1 is 1.10 bits per heavy atom. The van der Waals surface area contributed by atoms with E-state index in [0.29, 0.717) is 23.3 Å². The van der Waals surface area contributed by atoms with Crippen molar-refractivity contribution in [3.8, 4) is 0 Å². The van der Waals surface area contributed by atoms with E-state index in [2.05, 4.69) is 23.6 Å². The first-order valence-corrected chi connectivity index (χ1v) is 9.10. The van der Waals surface area contributed by atoms with Crippen molar-refractivity contribution in [1.29, 1.82) is 0 Å². The van der Waals surface area contributed by atoms with Crippen molar-refractivity contribution in [3.63, 3.8) is 0 Å². The number of likely N-dealkylation sites (tertiary alicyclic amines) is 2. The van der Waals surface area contributed by atoms with E-state index in [0.717, 1.165) is 19.5 Å². The third-order valence-electron chi connectivity index (χ3n) is 6.18. The Labute approximate surface area is 130 Å². The first kappa shape index (κ1) is 15.3. The summed E-state index contributed by atoms with van der Waals surface area (Å²) < 4.78 is 0. The van der Waals surface area contributed by atoms with Crippen LogP contribution in [0.3, 0.4) is 0 Å². The van der Waals surface area contributed by atoms with Crippen LogP contribution in [0.2, 0.25) is 0 Å². The lowest BCUT2D eigenvalue weighted by molar-refractivity contribution is -0.148. The molecule has 3 heteroatoms. The molecule has 0 radical (unpaired) electrons. The van der Waals surface area contributed by atoms with E-state index in [1.807, 2.05) is 0 Å². The summed E-state index contributed by atoms with van der Waals surface area (Å²) in [6, 6.07) is 0.673. The normalized spacial score (nSPS) is 27.1. The van der Waals surface area contributed by atoms with Gasteiger partial charge in [-0.15, -0.1) is 0 Å². The lowest BCUT2D eigenvalue weighted by atomic mass is 9.71. The predicted molar refractivity (Wildman–Crippen MR) is 86.1 cm³/mol. The standard InChI is InChI=1S/C18H32N2O/c1-15(2)19-10-8-18(9-11-19)13-20(14-18)17(21)12-16-6-4-3-5-7-16/h15-16H,3-14H2,1-2H3. The smallest absolute Gasteiger partial charge is 0.222 e. The summed E-state index contributed by atoms with van der Waals surface area (Å²) in [4.78, 5) is 17.1. The average Bonchev–Trinajstić information content (AvgIpc) is 2.45. The monoisotopic (exact) mass is 292 g/mol. The molecule has 0 bridgehead atoms. The van der Waals surface area contributed by atoms with Crippen LogP contribution in [0.15, 0.2) is 0 Å². The molecule has 0 N–H and O–H groups in total. The van der Waals surface area contributed by atoms with Gasteiger partial charge in [-0.1, -0.05) is 19.3 Å². The molecule has 2 aliphatic heterocycles. The molecule has 3 fully saturated rings. The van der Waals surface area contributed by atoms with E-state index in [-0.39, 0.29) is 0 Å². The number of rotatable bonds is 3. The Bertz CT molecular complexity index is 357. The minimum atomic E-state index is 0.443. The fraction of sp³-hybridized carbons (Fsp3) is 0.944. The maximum atomic E-state index is 12.4. The highest BCUT2D eigenvalue weighted by molar-refractivity contribution is 5.77. The molecule has 3 aliphatic rings. The van der Waals surface area contributed by atoms with Gasteiger partial charge in [0.15, 0.2) is 0 Å². The van der Waals surface area contributed by atoms with Gasteiger partial charge in [0.2, 0.25) is 5.91 Å². The van der Waals surface area contributed by atoms with Crippen LogP contribution in [0, 0.1) is 11.3 Å². The molecule has 2 heterocycles. The Morgan fingerprint density at radius 3 is 2.29 bits per heavy atom. The van der Waals surface area contributed by atoms with Crippen LogP contribution < -0.4 is 0 Å². The number of hydrogen-bond acceptors (Lipinski definition) is 2. The quantitative estimate of drug-likeness (QED) is 0.797. The molecular formula is C18H32N2O. The molecule has 21 heavy (non-hydrogen) atoms. The Hall–Kier alpha value is -0.570. The molecule has 1 aliphatic carbocycles.